The van der Waals surface area contributed by atoms with E-state index in [1.807, 2.05) is 0 Å². The lowest BCUT2D eigenvalue weighted by Crippen LogP contribution is -2.21. The third-order valence-corrected chi connectivity index (χ3v) is 3.62. The maximum Gasteiger partial charge on any atom is 0.0628 e. The molecule has 0 spiro atoms. The highest BCUT2D eigenvalue weighted by Crippen LogP contribution is 2.29. The fraction of sp³-hybridized carbons (Fsp3) is 0.769. The summed E-state index contributed by atoms with van der Waals surface area (Å²) in [6.07, 6.45) is 6.06. The molecule has 0 radical (unpaired) electrons. The zero-order valence-corrected chi connectivity index (χ0v) is 10.5. The molecule has 3 heteroatoms. The van der Waals surface area contributed by atoms with Crippen LogP contribution in [-0.2, 0) is 0 Å². The first kappa shape index (κ1) is 11.6. The lowest BCUT2D eigenvalue weighted by Gasteiger charge is -2.25. The second kappa shape index (κ2) is 4.58. The number of aliphatic hydroxyl groups is 1. The van der Waals surface area contributed by atoms with E-state index in [0.717, 1.165) is 31.4 Å². The highest BCUT2D eigenvalue weighted by molar-refractivity contribution is 5.19. The largest absolute Gasteiger partial charge is 0.393 e. The molecule has 0 saturated heterocycles. The van der Waals surface area contributed by atoms with E-state index in [1.54, 1.807) is 0 Å². The minimum Gasteiger partial charge on any atom is -0.393 e. The van der Waals surface area contributed by atoms with Gasteiger partial charge in [-0.1, -0.05) is 13.8 Å². The molecule has 16 heavy (non-hydrogen) atoms. The normalized spacial score (nSPS) is 26.3. The van der Waals surface area contributed by atoms with Crippen molar-refractivity contribution >= 4 is 0 Å². The van der Waals surface area contributed by atoms with Crippen LogP contribution in [0.1, 0.15) is 62.7 Å². The van der Waals surface area contributed by atoms with Crippen molar-refractivity contribution < 1.29 is 5.11 Å². The summed E-state index contributed by atoms with van der Waals surface area (Å²) in [7, 11) is 0. The van der Waals surface area contributed by atoms with Gasteiger partial charge in [-0.2, -0.15) is 5.10 Å². The number of aliphatic hydroxyl groups excluding tert-OH is 1. The monoisotopic (exact) mass is 222 g/mol. The summed E-state index contributed by atoms with van der Waals surface area (Å²) >= 11 is 0. The Morgan fingerprint density at radius 1 is 1.31 bits per heavy atom. The number of hydrogen-bond acceptors (Lipinski definition) is 2. The molecule has 0 unspecified atom stereocenters. The van der Waals surface area contributed by atoms with Gasteiger partial charge in [0.25, 0.3) is 0 Å². The predicted molar refractivity (Wildman–Crippen MR) is 64.6 cm³/mol. The third kappa shape index (κ3) is 2.29. The number of aromatic nitrogens is 2. The Balaban J connectivity index is 2.12. The molecule has 0 aliphatic heterocycles. The lowest BCUT2D eigenvalue weighted by atomic mass is 9.93. The van der Waals surface area contributed by atoms with Gasteiger partial charge in [-0.05, 0) is 44.1 Å². The van der Waals surface area contributed by atoms with Crippen LogP contribution in [-0.4, -0.2) is 21.0 Å². The van der Waals surface area contributed by atoms with Crippen LogP contribution in [0.2, 0.25) is 0 Å². The Labute approximate surface area is 97.5 Å². The molecule has 0 aromatic carbocycles. The highest BCUT2D eigenvalue weighted by atomic mass is 16.3. The fourth-order valence-electron chi connectivity index (χ4n) is 2.57. The molecule has 0 atom stereocenters. The van der Waals surface area contributed by atoms with Crippen molar-refractivity contribution in [3.05, 3.63) is 17.5 Å². The molecule has 3 nitrogen and oxygen atoms in total. The highest BCUT2D eigenvalue weighted by Gasteiger charge is 2.22. The second-order valence-corrected chi connectivity index (χ2v) is 5.27. The Hall–Kier alpha value is -0.830. The molecule has 90 valence electrons. The molecule has 1 aromatic rings. The lowest BCUT2D eigenvalue weighted by molar-refractivity contribution is 0.108. The van der Waals surface area contributed by atoms with Crippen LogP contribution in [0.4, 0.5) is 0 Å². The van der Waals surface area contributed by atoms with E-state index < -0.39 is 0 Å². The van der Waals surface area contributed by atoms with Gasteiger partial charge in [0.2, 0.25) is 0 Å². The van der Waals surface area contributed by atoms with Crippen LogP contribution in [0.5, 0.6) is 0 Å². The van der Waals surface area contributed by atoms with E-state index in [2.05, 4.69) is 36.7 Å². The van der Waals surface area contributed by atoms with Gasteiger partial charge in [-0.15, -0.1) is 0 Å². The van der Waals surface area contributed by atoms with E-state index in [-0.39, 0.29) is 6.10 Å². The SMILES string of the molecule is Cc1nn(C2CCC(O)CC2)cc1C(C)C. The maximum absolute atomic E-state index is 9.49. The first-order valence-electron chi connectivity index (χ1n) is 6.31. The molecule has 2 rings (SSSR count). The van der Waals surface area contributed by atoms with Crippen molar-refractivity contribution in [2.45, 2.75) is 64.5 Å². The van der Waals surface area contributed by atoms with E-state index in [4.69, 9.17) is 0 Å². The molecule has 1 aliphatic rings. The third-order valence-electron chi connectivity index (χ3n) is 3.62. The average Bonchev–Trinajstić information content (AvgIpc) is 2.61. The van der Waals surface area contributed by atoms with Gasteiger partial charge in [0.1, 0.15) is 0 Å². The Kier molecular flexibility index (Phi) is 3.33. The van der Waals surface area contributed by atoms with Crippen molar-refractivity contribution in [3.63, 3.8) is 0 Å². The van der Waals surface area contributed by atoms with Gasteiger partial charge in [0, 0.05) is 6.20 Å². The minimum atomic E-state index is -0.0857. The van der Waals surface area contributed by atoms with Crippen molar-refractivity contribution in [1.29, 1.82) is 0 Å². The van der Waals surface area contributed by atoms with Crippen LogP contribution in [0.25, 0.3) is 0 Å². The average molecular weight is 222 g/mol. The smallest absolute Gasteiger partial charge is 0.0628 e. The van der Waals surface area contributed by atoms with Gasteiger partial charge in [0.15, 0.2) is 0 Å². The van der Waals surface area contributed by atoms with Gasteiger partial charge < -0.3 is 5.11 Å². The molecular weight excluding hydrogens is 200 g/mol. The van der Waals surface area contributed by atoms with Crippen LogP contribution in [0.3, 0.4) is 0 Å². The number of hydrogen-bond donors (Lipinski definition) is 1. The zero-order chi connectivity index (χ0) is 11.7. The first-order valence-corrected chi connectivity index (χ1v) is 6.31. The van der Waals surface area contributed by atoms with Gasteiger partial charge >= 0.3 is 0 Å². The van der Waals surface area contributed by atoms with E-state index >= 15 is 0 Å². The molecule has 0 amide bonds. The molecule has 1 saturated carbocycles. The van der Waals surface area contributed by atoms with Crippen LogP contribution < -0.4 is 0 Å². The minimum absolute atomic E-state index is 0.0857. The second-order valence-electron chi connectivity index (χ2n) is 5.27. The molecule has 0 bridgehead atoms. The predicted octanol–water partition coefficient (Wildman–Crippen LogP) is 2.79. The van der Waals surface area contributed by atoms with Crippen molar-refractivity contribution in [2.75, 3.05) is 0 Å². The van der Waals surface area contributed by atoms with Crippen LogP contribution in [0.15, 0.2) is 6.20 Å². The maximum atomic E-state index is 9.49. The number of aryl methyl sites for hydroxylation is 1. The van der Waals surface area contributed by atoms with E-state index in [1.165, 1.54) is 5.56 Å². The van der Waals surface area contributed by atoms with Crippen LogP contribution in [0, 0.1) is 6.92 Å². The van der Waals surface area contributed by atoms with Gasteiger partial charge in [-0.25, -0.2) is 0 Å². The van der Waals surface area contributed by atoms with Crippen molar-refractivity contribution in [2.24, 2.45) is 0 Å². The summed E-state index contributed by atoms with van der Waals surface area (Å²) in [4.78, 5) is 0. The van der Waals surface area contributed by atoms with Crippen LogP contribution >= 0.6 is 0 Å². The van der Waals surface area contributed by atoms with E-state index in [9.17, 15) is 5.11 Å². The standard InChI is InChI=1S/C13H22N2O/c1-9(2)13-8-15(14-10(13)3)11-4-6-12(16)7-5-11/h8-9,11-12,16H,4-7H2,1-3H3. The summed E-state index contributed by atoms with van der Waals surface area (Å²) in [5.41, 5.74) is 2.51. The molecule has 1 aromatic heterocycles. The number of rotatable bonds is 2. The fourth-order valence-corrected chi connectivity index (χ4v) is 2.57. The summed E-state index contributed by atoms with van der Waals surface area (Å²) in [6, 6.07) is 0.495. The first-order chi connectivity index (χ1) is 7.58. The summed E-state index contributed by atoms with van der Waals surface area (Å²) < 4.78 is 2.12. The zero-order valence-electron chi connectivity index (χ0n) is 10.5. The molecular formula is C13H22N2O. The molecule has 1 heterocycles. The topological polar surface area (TPSA) is 38.0 Å². The van der Waals surface area contributed by atoms with Gasteiger partial charge in [-0.3, -0.25) is 4.68 Å². The quantitative estimate of drug-likeness (QED) is 0.835. The molecule has 1 aliphatic carbocycles. The van der Waals surface area contributed by atoms with Gasteiger partial charge in [0.05, 0.1) is 17.8 Å². The molecule has 1 N–H and O–H groups in total. The van der Waals surface area contributed by atoms with Crippen molar-refractivity contribution in [1.82, 2.24) is 9.78 Å². The Morgan fingerprint density at radius 2 is 1.94 bits per heavy atom. The molecule has 1 fully saturated rings. The summed E-state index contributed by atoms with van der Waals surface area (Å²) in [6.45, 7) is 6.50. The Morgan fingerprint density at radius 3 is 2.44 bits per heavy atom. The number of nitrogens with zero attached hydrogens (tertiary/aromatic N) is 2. The Bertz CT molecular complexity index is 349. The summed E-state index contributed by atoms with van der Waals surface area (Å²) in [5, 5.41) is 14.1. The van der Waals surface area contributed by atoms with Crippen molar-refractivity contribution in [3.8, 4) is 0 Å². The summed E-state index contributed by atoms with van der Waals surface area (Å²) in [5.74, 6) is 0.544. The van der Waals surface area contributed by atoms with E-state index in [0.29, 0.717) is 12.0 Å².